The molecule has 1 N–H and O–H groups in total. The van der Waals surface area contributed by atoms with Crippen molar-refractivity contribution in [3.05, 3.63) is 58.7 Å². The fourth-order valence-corrected chi connectivity index (χ4v) is 2.61. The van der Waals surface area contributed by atoms with Gasteiger partial charge < -0.3 is 5.32 Å². The fourth-order valence-electron chi connectivity index (χ4n) is 2.61. The molecule has 2 aromatic rings. The molecule has 2 aromatic carbocycles. The maximum atomic E-state index is 3.47. The quantitative estimate of drug-likeness (QED) is 0.841. The minimum Gasteiger partial charge on any atom is -0.310 e. The van der Waals surface area contributed by atoms with Gasteiger partial charge in [0.1, 0.15) is 0 Å². The van der Waals surface area contributed by atoms with Crippen LogP contribution in [-0.4, -0.2) is 6.04 Å². The molecule has 0 atom stereocenters. The third-order valence-corrected chi connectivity index (χ3v) is 3.54. The second-order valence-electron chi connectivity index (χ2n) is 6.06. The first-order valence-corrected chi connectivity index (χ1v) is 7.37. The lowest BCUT2D eigenvalue weighted by atomic mass is 9.96. The highest BCUT2D eigenvalue weighted by atomic mass is 14.9. The molecule has 0 bridgehead atoms. The van der Waals surface area contributed by atoms with Crippen molar-refractivity contribution in [3.8, 4) is 11.1 Å². The van der Waals surface area contributed by atoms with Crippen LogP contribution in [0.5, 0.6) is 0 Å². The minimum absolute atomic E-state index is 0.523. The van der Waals surface area contributed by atoms with Gasteiger partial charge in [0.05, 0.1) is 0 Å². The van der Waals surface area contributed by atoms with E-state index < -0.39 is 0 Å². The van der Waals surface area contributed by atoms with Gasteiger partial charge in [0.2, 0.25) is 0 Å². The van der Waals surface area contributed by atoms with Crippen LogP contribution in [0.3, 0.4) is 0 Å². The van der Waals surface area contributed by atoms with E-state index in [1.54, 1.807) is 0 Å². The van der Waals surface area contributed by atoms with Crippen LogP contribution >= 0.6 is 0 Å². The lowest BCUT2D eigenvalue weighted by Crippen LogP contribution is -2.21. The summed E-state index contributed by atoms with van der Waals surface area (Å²) in [5.41, 5.74) is 8.01. The van der Waals surface area contributed by atoms with Gasteiger partial charge in [-0.3, -0.25) is 0 Å². The Morgan fingerprint density at radius 3 is 2.10 bits per heavy atom. The maximum absolute atomic E-state index is 3.47. The zero-order chi connectivity index (χ0) is 14.7. The molecule has 0 saturated carbocycles. The Labute approximate surface area is 123 Å². The Bertz CT molecular complexity index is 576. The first kappa shape index (κ1) is 14.8. The molecule has 0 aliphatic heterocycles. The van der Waals surface area contributed by atoms with E-state index >= 15 is 0 Å². The predicted molar refractivity (Wildman–Crippen MR) is 88.1 cm³/mol. The largest absolute Gasteiger partial charge is 0.310 e. The van der Waals surface area contributed by atoms with Gasteiger partial charge in [-0.05, 0) is 43.0 Å². The molecule has 0 unspecified atom stereocenters. The molecule has 20 heavy (non-hydrogen) atoms. The van der Waals surface area contributed by atoms with Gasteiger partial charge in [-0.15, -0.1) is 0 Å². The number of benzene rings is 2. The number of aryl methyl sites for hydroxylation is 3. The summed E-state index contributed by atoms with van der Waals surface area (Å²) in [7, 11) is 0. The molecule has 106 valence electrons. The van der Waals surface area contributed by atoms with Gasteiger partial charge in [0.15, 0.2) is 0 Å². The van der Waals surface area contributed by atoms with Crippen molar-refractivity contribution in [1.29, 1.82) is 0 Å². The molecule has 2 rings (SSSR count). The topological polar surface area (TPSA) is 12.0 Å². The van der Waals surface area contributed by atoms with E-state index in [1.165, 1.54) is 33.4 Å². The first-order valence-electron chi connectivity index (χ1n) is 7.37. The molecule has 0 amide bonds. The number of nitrogens with one attached hydrogen (secondary N) is 1. The second-order valence-corrected chi connectivity index (χ2v) is 6.06. The van der Waals surface area contributed by atoms with Crippen molar-refractivity contribution in [2.75, 3.05) is 0 Å². The molecule has 0 fully saturated rings. The van der Waals surface area contributed by atoms with Crippen LogP contribution in [0.4, 0.5) is 0 Å². The number of hydrogen-bond acceptors (Lipinski definition) is 1. The third-order valence-electron chi connectivity index (χ3n) is 3.54. The van der Waals surface area contributed by atoms with Crippen LogP contribution in [-0.2, 0) is 6.54 Å². The van der Waals surface area contributed by atoms with Crippen LogP contribution in [0.2, 0.25) is 0 Å². The minimum atomic E-state index is 0.523. The Balaban J connectivity index is 2.29. The SMILES string of the molecule is Cc1cc(C)cc(-c2ccc(CNC(C)C)cc2C)c1. The average Bonchev–Trinajstić information content (AvgIpc) is 2.35. The second kappa shape index (κ2) is 6.23. The summed E-state index contributed by atoms with van der Waals surface area (Å²) in [4.78, 5) is 0. The molecule has 0 aliphatic rings. The van der Waals surface area contributed by atoms with Crippen molar-refractivity contribution < 1.29 is 0 Å². The number of hydrogen-bond donors (Lipinski definition) is 1. The summed E-state index contributed by atoms with van der Waals surface area (Å²) >= 11 is 0. The average molecular weight is 267 g/mol. The van der Waals surface area contributed by atoms with E-state index in [4.69, 9.17) is 0 Å². The lowest BCUT2D eigenvalue weighted by Gasteiger charge is -2.12. The third kappa shape index (κ3) is 3.71. The monoisotopic (exact) mass is 267 g/mol. The Morgan fingerprint density at radius 1 is 0.900 bits per heavy atom. The standard InChI is InChI=1S/C19H25N/c1-13(2)20-12-17-6-7-19(16(5)11-17)18-9-14(3)8-15(4)10-18/h6-11,13,20H,12H2,1-5H3. The van der Waals surface area contributed by atoms with E-state index in [-0.39, 0.29) is 0 Å². The highest BCUT2D eigenvalue weighted by Crippen LogP contribution is 2.26. The molecule has 0 heterocycles. The Morgan fingerprint density at radius 2 is 1.55 bits per heavy atom. The van der Waals surface area contributed by atoms with E-state index in [2.05, 4.69) is 76.3 Å². The van der Waals surface area contributed by atoms with Crippen LogP contribution in [0.25, 0.3) is 11.1 Å². The van der Waals surface area contributed by atoms with Crippen LogP contribution in [0.15, 0.2) is 36.4 Å². The summed E-state index contributed by atoms with van der Waals surface area (Å²) in [6.07, 6.45) is 0. The molecule has 0 aromatic heterocycles. The molecule has 0 radical (unpaired) electrons. The van der Waals surface area contributed by atoms with Gasteiger partial charge in [0, 0.05) is 12.6 Å². The molecule has 1 heteroatoms. The zero-order valence-electron chi connectivity index (χ0n) is 13.2. The summed E-state index contributed by atoms with van der Waals surface area (Å²) in [5.74, 6) is 0. The smallest absolute Gasteiger partial charge is 0.0207 e. The van der Waals surface area contributed by atoms with Gasteiger partial charge in [0.25, 0.3) is 0 Å². The summed E-state index contributed by atoms with van der Waals surface area (Å²) in [6, 6.07) is 14.1. The first-order chi connectivity index (χ1) is 9.45. The van der Waals surface area contributed by atoms with Crippen LogP contribution in [0.1, 0.15) is 36.1 Å². The molecule has 1 nitrogen and oxygen atoms in total. The van der Waals surface area contributed by atoms with Gasteiger partial charge >= 0.3 is 0 Å². The highest BCUT2D eigenvalue weighted by Gasteiger charge is 2.05. The van der Waals surface area contributed by atoms with E-state index in [0.29, 0.717) is 6.04 Å². The maximum Gasteiger partial charge on any atom is 0.0207 e. The van der Waals surface area contributed by atoms with Crippen molar-refractivity contribution in [3.63, 3.8) is 0 Å². The van der Waals surface area contributed by atoms with E-state index in [1.807, 2.05) is 0 Å². The molecular formula is C19H25N. The van der Waals surface area contributed by atoms with Gasteiger partial charge in [-0.25, -0.2) is 0 Å². The Kier molecular flexibility index (Phi) is 4.61. The van der Waals surface area contributed by atoms with Crippen molar-refractivity contribution in [1.82, 2.24) is 5.32 Å². The predicted octanol–water partition coefficient (Wildman–Crippen LogP) is 4.78. The fraction of sp³-hybridized carbons (Fsp3) is 0.368. The van der Waals surface area contributed by atoms with Crippen LogP contribution < -0.4 is 5.32 Å². The van der Waals surface area contributed by atoms with Gasteiger partial charge in [-0.2, -0.15) is 0 Å². The van der Waals surface area contributed by atoms with Crippen LogP contribution in [0, 0.1) is 20.8 Å². The van der Waals surface area contributed by atoms with Crippen molar-refractivity contribution in [2.24, 2.45) is 0 Å². The van der Waals surface area contributed by atoms with E-state index in [9.17, 15) is 0 Å². The van der Waals surface area contributed by atoms with Gasteiger partial charge in [-0.1, -0.05) is 61.4 Å². The van der Waals surface area contributed by atoms with Crippen molar-refractivity contribution in [2.45, 2.75) is 47.2 Å². The molecule has 0 saturated heterocycles. The zero-order valence-corrected chi connectivity index (χ0v) is 13.2. The lowest BCUT2D eigenvalue weighted by molar-refractivity contribution is 0.589. The highest BCUT2D eigenvalue weighted by molar-refractivity contribution is 5.69. The molecule has 0 aliphatic carbocycles. The molecule has 0 spiro atoms. The Hall–Kier alpha value is -1.60. The normalized spacial score (nSPS) is 11.1. The van der Waals surface area contributed by atoms with E-state index in [0.717, 1.165) is 6.54 Å². The summed E-state index contributed by atoms with van der Waals surface area (Å²) in [5, 5.41) is 3.47. The number of rotatable bonds is 4. The summed E-state index contributed by atoms with van der Waals surface area (Å²) in [6.45, 7) is 11.8. The summed E-state index contributed by atoms with van der Waals surface area (Å²) < 4.78 is 0. The molecular weight excluding hydrogens is 242 g/mol. The van der Waals surface area contributed by atoms with Crippen molar-refractivity contribution >= 4 is 0 Å².